The molecule has 3 nitrogen and oxygen atoms in total. The lowest BCUT2D eigenvalue weighted by atomic mass is 10.00. The van der Waals surface area contributed by atoms with Crippen LogP contribution in [-0.4, -0.2) is 10.1 Å². The van der Waals surface area contributed by atoms with Gasteiger partial charge >= 0.3 is 0 Å². The Kier molecular flexibility index (Phi) is 3.22. The standard InChI is InChI=1S/C14H11ClN2O/c1-8-9(2)13(17-14(15)12(8)7-16)10-3-5-11(18)6-4-10/h3-6,18H,1-2H3. The smallest absolute Gasteiger partial charge is 0.147 e. The third-order valence-electron chi connectivity index (χ3n) is 2.96. The predicted molar refractivity (Wildman–Crippen MR) is 70.5 cm³/mol. The second kappa shape index (κ2) is 4.67. The molecule has 4 heteroatoms. The van der Waals surface area contributed by atoms with Crippen molar-refractivity contribution in [2.75, 3.05) is 0 Å². The normalized spacial score (nSPS) is 10.1. The monoisotopic (exact) mass is 258 g/mol. The summed E-state index contributed by atoms with van der Waals surface area (Å²) in [6, 6.07) is 8.79. The molecule has 0 aliphatic carbocycles. The van der Waals surface area contributed by atoms with Crippen LogP contribution in [0.2, 0.25) is 5.15 Å². The number of phenolic OH excluding ortho intramolecular Hbond substituents is 1. The Hall–Kier alpha value is -2.05. The van der Waals surface area contributed by atoms with Gasteiger partial charge in [0.1, 0.15) is 17.0 Å². The molecular formula is C14H11ClN2O. The summed E-state index contributed by atoms with van der Waals surface area (Å²) in [7, 11) is 0. The van der Waals surface area contributed by atoms with Gasteiger partial charge in [-0.2, -0.15) is 5.26 Å². The van der Waals surface area contributed by atoms with Crippen molar-refractivity contribution < 1.29 is 5.11 Å². The average Bonchev–Trinajstić information content (AvgIpc) is 2.36. The summed E-state index contributed by atoms with van der Waals surface area (Å²) in [5.74, 6) is 0.202. The van der Waals surface area contributed by atoms with E-state index < -0.39 is 0 Å². The molecule has 1 aromatic carbocycles. The van der Waals surface area contributed by atoms with Crippen molar-refractivity contribution in [3.8, 4) is 23.1 Å². The fourth-order valence-corrected chi connectivity index (χ4v) is 2.06. The number of nitrogens with zero attached hydrogens (tertiary/aromatic N) is 2. The zero-order chi connectivity index (χ0) is 13.3. The van der Waals surface area contributed by atoms with E-state index in [9.17, 15) is 5.11 Å². The summed E-state index contributed by atoms with van der Waals surface area (Å²) in [6.07, 6.45) is 0. The van der Waals surface area contributed by atoms with E-state index in [0.29, 0.717) is 5.56 Å². The van der Waals surface area contributed by atoms with E-state index in [1.54, 1.807) is 24.3 Å². The highest BCUT2D eigenvalue weighted by atomic mass is 35.5. The molecule has 18 heavy (non-hydrogen) atoms. The molecular weight excluding hydrogens is 248 g/mol. The molecule has 0 bridgehead atoms. The van der Waals surface area contributed by atoms with Crippen LogP contribution in [0.25, 0.3) is 11.3 Å². The molecule has 0 saturated heterocycles. The van der Waals surface area contributed by atoms with Crippen molar-refractivity contribution in [1.82, 2.24) is 4.98 Å². The Morgan fingerprint density at radius 2 is 1.78 bits per heavy atom. The molecule has 1 N–H and O–H groups in total. The highest BCUT2D eigenvalue weighted by Crippen LogP contribution is 2.29. The summed E-state index contributed by atoms with van der Waals surface area (Å²) < 4.78 is 0. The van der Waals surface area contributed by atoms with E-state index in [1.165, 1.54) is 0 Å². The molecule has 1 heterocycles. The lowest BCUT2D eigenvalue weighted by molar-refractivity contribution is 0.475. The summed E-state index contributed by atoms with van der Waals surface area (Å²) in [5.41, 5.74) is 3.76. The van der Waals surface area contributed by atoms with E-state index in [4.69, 9.17) is 16.9 Å². The third-order valence-corrected chi connectivity index (χ3v) is 3.24. The maximum Gasteiger partial charge on any atom is 0.147 e. The van der Waals surface area contributed by atoms with Crippen LogP contribution in [0.5, 0.6) is 5.75 Å². The highest BCUT2D eigenvalue weighted by Gasteiger charge is 2.13. The molecule has 0 aliphatic rings. The van der Waals surface area contributed by atoms with E-state index in [1.807, 2.05) is 13.8 Å². The molecule has 0 radical (unpaired) electrons. The Labute approximate surface area is 110 Å². The van der Waals surface area contributed by atoms with Gasteiger partial charge in [0.2, 0.25) is 0 Å². The van der Waals surface area contributed by atoms with Crippen molar-refractivity contribution >= 4 is 11.6 Å². The first kappa shape index (κ1) is 12.4. The first-order valence-corrected chi connectivity index (χ1v) is 5.78. The maximum absolute atomic E-state index is 9.27. The average molecular weight is 259 g/mol. The van der Waals surface area contributed by atoms with Crippen molar-refractivity contribution in [2.45, 2.75) is 13.8 Å². The number of benzene rings is 1. The summed E-state index contributed by atoms with van der Waals surface area (Å²) in [5, 5.41) is 18.5. The molecule has 0 spiro atoms. The molecule has 0 fully saturated rings. The van der Waals surface area contributed by atoms with E-state index in [2.05, 4.69) is 11.1 Å². The van der Waals surface area contributed by atoms with Crippen molar-refractivity contribution in [3.05, 3.63) is 46.1 Å². The number of nitriles is 1. The van der Waals surface area contributed by atoms with E-state index in [-0.39, 0.29) is 10.9 Å². The zero-order valence-corrected chi connectivity index (χ0v) is 10.8. The topological polar surface area (TPSA) is 56.9 Å². The van der Waals surface area contributed by atoms with Gasteiger partial charge in [-0.05, 0) is 49.2 Å². The molecule has 0 unspecified atom stereocenters. The summed E-state index contributed by atoms with van der Waals surface area (Å²) >= 11 is 6.00. The van der Waals surface area contributed by atoms with Crippen molar-refractivity contribution in [3.63, 3.8) is 0 Å². The molecule has 0 atom stereocenters. The summed E-state index contributed by atoms with van der Waals surface area (Å²) in [4.78, 5) is 4.27. The first-order valence-electron chi connectivity index (χ1n) is 5.40. The minimum atomic E-state index is 0.202. The second-order valence-corrected chi connectivity index (χ2v) is 4.39. The van der Waals surface area contributed by atoms with Gasteiger partial charge in [0.15, 0.2) is 0 Å². The van der Waals surface area contributed by atoms with Gasteiger partial charge in [0.05, 0.1) is 11.3 Å². The minimum absolute atomic E-state index is 0.202. The molecule has 2 rings (SSSR count). The van der Waals surface area contributed by atoms with Crippen LogP contribution in [0.4, 0.5) is 0 Å². The molecule has 90 valence electrons. The number of hydrogen-bond donors (Lipinski definition) is 1. The van der Waals surface area contributed by atoms with Gasteiger partial charge in [0, 0.05) is 5.56 Å². The number of pyridine rings is 1. The largest absolute Gasteiger partial charge is 0.508 e. The first-order chi connectivity index (χ1) is 8.54. The molecule has 0 amide bonds. The van der Waals surface area contributed by atoms with Gasteiger partial charge in [0.25, 0.3) is 0 Å². The third kappa shape index (κ3) is 2.03. The van der Waals surface area contributed by atoms with Crippen LogP contribution in [0.15, 0.2) is 24.3 Å². The molecule has 0 saturated carbocycles. The van der Waals surface area contributed by atoms with Crippen LogP contribution in [0.1, 0.15) is 16.7 Å². The number of aromatic nitrogens is 1. The van der Waals surface area contributed by atoms with Crippen LogP contribution in [-0.2, 0) is 0 Å². The van der Waals surface area contributed by atoms with Crippen LogP contribution >= 0.6 is 11.6 Å². The minimum Gasteiger partial charge on any atom is -0.508 e. The van der Waals surface area contributed by atoms with Crippen molar-refractivity contribution in [1.29, 1.82) is 5.26 Å². The molecule has 2 aromatic rings. The van der Waals surface area contributed by atoms with Gasteiger partial charge in [-0.25, -0.2) is 4.98 Å². The summed E-state index contributed by atoms with van der Waals surface area (Å²) in [6.45, 7) is 3.76. The number of hydrogen-bond acceptors (Lipinski definition) is 3. The van der Waals surface area contributed by atoms with Gasteiger partial charge < -0.3 is 5.11 Å². The SMILES string of the molecule is Cc1c(-c2ccc(O)cc2)nc(Cl)c(C#N)c1C. The van der Waals surface area contributed by atoms with Crippen molar-refractivity contribution in [2.24, 2.45) is 0 Å². The van der Waals surface area contributed by atoms with Crippen LogP contribution in [0, 0.1) is 25.2 Å². The van der Waals surface area contributed by atoms with E-state index >= 15 is 0 Å². The van der Waals surface area contributed by atoms with E-state index in [0.717, 1.165) is 22.4 Å². The highest BCUT2D eigenvalue weighted by molar-refractivity contribution is 6.30. The van der Waals surface area contributed by atoms with Gasteiger partial charge in [-0.1, -0.05) is 11.6 Å². The Morgan fingerprint density at radius 3 is 2.33 bits per heavy atom. The Morgan fingerprint density at radius 1 is 1.17 bits per heavy atom. The second-order valence-electron chi connectivity index (χ2n) is 4.03. The van der Waals surface area contributed by atoms with Gasteiger partial charge in [-0.15, -0.1) is 0 Å². The zero-order valence-electron chi connectivity index (χ0n) is 10.0. The molecule has 1 aromatic heterocycles. The van der Waals surface area contributed by atoms with Crippen LogP contribution < -0.4 is 0 Å². The fourth-order valence-electron chi connectivity index (χ4n) is 1.79. The predicted octanol–water partition coefficient (Wildman–Crippen LogP) is 3.60. The quantitative estimate of drug-likeness (QED) is 0.795. The van der Waals surface area contributed by atoms with Gasteiger partial charge in [-0.3, -0.25) is 0 Å². The number of phenols is 1. The number of aromatic hydroxyl groups is 1. The fraction of sp³-hybridized carbons (Fsp3) is 0.143. The lowest BCUT2D eigenvalue weighted by Crippen LogP contribution is -1.97. The Balaban J connectivity index is 2.67. The maximum atomic E-state index is 9.27. The number of halogens is 1. The number of rotatable bonds is 1. The van der Waals surface area contributed by atoms with Crippen LogP contribution in [0.3, 0.4) is 0 Å². The lowest BCUT2D eigenvalue weighted by Gasteiger charge is -2.11. The molecule has 0 aliphatic heterocycles. The Bertz CT molecular complexity index is 642.